The van der Waals surface area contributed by atoms with E-state index in [1.54, 1.807) is 0 Å². The van der Waals surface area contributed by atoms with Crippen molar-refractivity contribution in [2.45, 2.75) is 37.8 Å². The van der Waals surface area contributed by atoms with Crippen LogP contribution < -0.4 is 10.6 Å². The zero-order chi connectivity index (χ0) is 13.7. The van der Waals surface area contributed by atoms with Crippen LogP contribution in [-0.2, 0) is 11.2 Å². The second kappa shape index (κ2) is 6.22. The van der Waals surface area contributed by atoms with Crippen LogP contribution in [0.1, 0.15) is 24.8 Å². The van der Waals surface area contributed by atoms with Crippen LogP contribution in [0.5, 0.6) is 0 Å². The highest BCUT2D eigenvalue weighted by Gasteiger charge is 2.24. The predicted octanol–water partition coefficient (Wildman–Crippen LogP) is 1.53. The maximum absolute atomic E-state index is 11.7. The van der Waals surface area contributed by atoms with Crippen molar-refractivity contribution in [3.63, 3.8) is 0 Å². The van der Waals surface area contributed by atoms with Gasteiger partial charge in [-0.2, -0.15) is 0 Å². The van der Waals surface area contributed by atoms with E-state index in [9.17, 15) is 9.59 Å². The summed E-state index contributed by atoms with van der Waals surface area (Å²) in [5, 5.41) is 14.4. The average molecular weight is 262 g/mol. The van der Waals surface area contributed by atoms with Crippen LogP contribution in [0.3, 0.4) is 0 Å². The molecule has 5 heteroatoms. The van der Waals surface area contributed by atoms with Gasteiger partial charge in [-0.15, -0.1) is 0 Å². The van der Waals surface area contributed by atoms with Gasteiger partial charge in [0.15, 0.2) is 0 Å². The molecule has 1 aromatic carbocycles. The zero-order valence-corrected chi connectivity index (χ0v) is 10.6. The molecule has 0 radical (unpaired) electrons. The van der Waals surface area contributed by atoms with Gasteiger partial charge in [0.2, 0.25) is 0 Å². The number of carboxylic acids is 1. The molecule has 1 aliphatic rings. The van der Waals surface area contributed by atoms with Crippen LogP contribution in [0, 0.1) is 0 Å². The number of urea groups is 1. The minimum Gasteiger partial charge on any atom is -0.480 e. The molecular formula is C14H18N2O3. The van der Waals surface area contributed by atoms with E-state index >= 15 is 0 Å². The molecule has 1 aromatic rings. The summed E-state index contributed by atoms with van der Waals surface area (Å²) in [7, 11) is 0. The van der Waals surface area contributed by atoms with Gasteiger partial charge in [0.05, 0.1) is 0 Å². The minimum absolute atomic E-state index is 0.200. The molecule has 0 saturated heterocycles. The van der Waals surface area contributed by atoms with Crippen molar-refractivity contribution in [3.05, 3.63) is 35.9 Å². The van der Waals surface area contributed by atoms with Crippen LogP contribution in [0.2, 0.25) is 0 Å². The molecule has 2 amide bonds. The first-order chi connectivity index (χ1) is 9.15. The molecule has 0 bridgehead atoms. The van der Waals surface area contributed by atoms with Gasteiger partial charge in [-0.3, -0.25) is 0 Å². The first kappa shape index (κ1) is 13.4. The van der Waals surface area contributed by atoms with E-state index in [-0.39, 0.29) is 12.5 Å². The zero-order valence-electron chi connectivity index (χ0n) is 10.6. The van der Waals surface area contributed by atoms with Gasteiger partial charge in [0, 0.05) is 12.5 Å². The smallest absolute Gasteiger partial charge is 0.326 e. The van der Waals surface area contributed by atoms with Crippen molar-refractivity contribution in [3.8, 4) is 0 Å². The third-order valence-corrected chi connectivity index (χ3v) is 3.33. The molecular weight excluding hydrogens is 244 g/mol. The number of hydrogen-bond acceptors (Lipinski definition) is 2. The Morgan fingerprint density at radius 3 is 2.47 bits per heavy atom. The number of nitrogens with one attached hydrogen (secondary N) is 2. The van der Waals surface area contributed by atoms with E-state index in [1.165, 1.54) is 0 Å². The molecule has 2 rings (SSSR count). The lowest BCUT2D eigenvalue weighted by Gasteiger charge is -2.27. The lowest BCUT2D eigenvalue weighted by atomic mass is 9.93. The Labute approximate surface area is 112 Å². The fraction of sp³-hybridized carbons (Fsp3) is 0.429. The van der Waals surface area contributed by atoms with Crippen molar-refractivity contribution in [2.24, 2.45) is 0 Å². The summed E-state index contributed by atoms with van der Waals surface area (Å²) in [6.45, 7) is 0. The molecule has 19 heavy (non-hydrogen) atoms. The number of carbonyl (C=O) groups is 2. The Morgan fingerprint density at radius 2 is 1.95 bits per heavy atom. The van der Waals surface area contributed by atoms with Crippen LogP contribution in [0.25, 0.3) is 0 Å². The van der Waals surface area contributed by atoms with Gasteiger partial charge >= 0.3 is 12.0 Å². The Bertz CT molecular complexity index is 443. The normalized spacial score (nSPS) is 16.2. The Balaban J connectivity index is 1.88. The van der Waals surface area contributed by atoms with Gasteiger partial charge in [0.1, 0.15) is 6.04 Å². The Hall–Kier alpha value is -2.04. The molecule has 5 nitrogen and oxygen atoms in total. The number of amides is 2. The summed E-state index contributed by atoms with van der Waals surface area (Å²) in [5.41, 5.74) is 0.888. The summed E-state index contributed by atoms with van der Waals surface area (Å²) in [6, 6.07) is 8.17. The summed E-state index contributed by atoms with van der Waals surface area (Å²) in [6.07, 6.45) is 3.36. The number of rotatable bonds is 5. The highest BCUT2D eigenvalue weighted by molar-refractivity contribution is 5.82. The molecule has 102 valence electrons. The number of benzene rings is 1. The molecule has 0 aliphatic heterocycles. The fourth-order valence-corrected chi connectivity index (χ4v) is 1.99. The van der Waals surface area contributed by atoms with E-state index in [4.69, 9.17) is 5.11 Å². The van der Waals surface area contributed by atoms with Crippen molar-refractivity contribution in [1.29, 1.82) is 0 Å². The van der Waals surface area contributed by atoms with Crippen molar-refractivity contribution in [1.82, 2.24) is 10.6 Å². The maximum atomic E-state index is 11.7. The molecule has 1 atom stereocenters. The van der Waals surface area contributed by atoms with Crippen LogP contribution in [-0.4, -0.2) is 29.2 Å². The first-order valence-corrected chi connectivity index (χ1v) is 6.49. The monoisotopic (exact) mass is 262 g/mol. The quantitative estimate of drug-likeness (QED) is 0.753. The van der Waals surface area contributed by atoms with E-state index < -0.39 is 18.0 Å². The van der Waals surface area contributed by atoms with E-state index in [2.05, 4.69) is 10.6 Å². The third kappa shape index (κ3) is 3.98. The summed E-state index contributed by atoms with van der Waals surface area (Å²) >= 11 is 0. The maximum Gasteiger partial charge on any atom is 0.326 e. The molecule has 1 saturated carbocycles. The lowest BCUT2D eigenvalue weighted by molar-refractivity contribution is -0.139. The molecule has 0 aromatic heterocycles. The van der Waals surface area contributed by atoms with Crippen LogP contribution in [0.15, 0.2) is 30.3 Å². The molecule has 0 unspecified atom stereocenters. The van der Waals surface area contributed by atoms with E-state index in [0.29, 0.717) is 0 Å². The summed E-state index contributed by atoms with van der Waals surface area (Å²) < 4.78 is 0. The van der Waals surface area contributed by atoms with Gasteiger partial charge in [0.25, 0.3) is 0 Å². The van der Waals surface area contributed by atoms with Crippen LogP contribution >= 0.6 is 0 Å². The van der Waals surface area contributed by atoms with Gasteiger partial charge in [-0.05, 0) is 24.8 Å². The van der Waals surface area contributed by atoms with E-state index in [1.807, 2.05) is 30.3 Å². The standard InChI is InChI=1S/C14H18N2O3/c17-13(18)12(9-10-5-2-1-3-6-10)16-14(19)15-11-7-4-8-11/h1-3,5-6,11-12H,4,7-9H2,(H,17,18)(H2,15,16,19)/t12-/m0/s1. The predicted molar refractivity (Wildman–Crippen MR) is 70.9 cm³/mol. The molecule has 0 heterocycles. The number of aliphatic carboxylic acids is 1. The number of hydrogen-bond donors (Lipinski definition) is 3. The molecule has 1 aliphatic carbocycles. The summed E-state index contributed by atoms with van der Waals surface area (Å²) in [4.78, 5) is 22.8. The number of carbonyl (C=O) groups excluding carboxylic acids is 1. The SMILES string of the molecule is O=C(NC1CCC1)N[C@@H](Cc1ccccc1)C(=O)O. The Kier molecular flexibility index (Phi) is 4.39. The molecule has 3 N–H and O–H groups in total. The Morgan fingerprint density at radius 1 is 1.26 bits per heavy atom. The third-order valence-electron chi connectivity index (χ3n) is 3.33. The van der Waals surface area contributed by atoms with E-state index in [0.717, 1.165) is 24.8 Å². The average Bonchev–Trinajstić information content (AvgIpc) is 2.34. The van der Waals surface area contributed by atoms with Crippen molar-refractivity contribution < 1.29 is 14.7 Å². The summed E-state index contributed by atoms with van der Waals surface area (Å²) in [5.74, 6) is -1.02. The molecule has 0 spiro atoms. The van der Waals surface area contributed by atoms with Crippen molar-refractivity contribution >= 4 is 12.0 Å². The van der Waals surface area contributed by atoms with Crippen molar-refractivity contribution in [2.75, 3.05) is 0 Å². The fourth-order valence-electron chi connectivity index (χ4n) is 1.99. The lowest BCUT2D eigenvalue weighted by Crippen LogP contribution is -2.51. The second-order valence-electron chi connectivity index (χ2n) is 4.83. The second-order valence-corrected chi connectivity index (χ2v) is 4.83. The highest BCUT2D eigenvalue weighted by atomic mass is 16.4. The molecule has 1 fully saturated rings. The topological polar surface area (TPSA) is 78.4 Å². The first-order valence-electron chi connectivity index (χ1n) is 6.49. The highest BCUT2D eigenvalue weighted by Crippen LogP contribution is 2.17. The largest absolute Gasteiger partial charge is 0.480 e. The van der Waals surface area contributed by atoms with Gasteiger partial charge in [-0.1, -0.05) is 30.3 Å². The minimum atomic E-state index is -1.02. The number of carboxylic acid groups (broad SMARTS) is 1. The van der Waals surface area contributed by atoms with Crippen LogP contribution in [0.4, 0.5) is 4.79 Å². The van der Waals surface area contributed by atoms with Gasteiger partial charge in [-0.25, -0.2) is 9.59 Å². The van der Waals surface area contributed by atoms with Gasteiger partial charge < -0.3 is 15.7 Å².